The summed E-state index contributed by atoms with van der Waals surface area (Å²) in [4.78, 5) is 16.8. The van der Waals surface area contributed by atoms with Crippen molar-refractivity contribution in [2.24, 2.45) is 0 Å². The van der Waals surface area contributed by atoms with Crippen LogP contribution in [0.25, 0.3) is 16.9 Å². The first-order valence-electron chi connectivity index (χ1n) is 8.24. The van der Waals surface area contributed by atoms with Gasteiger partial charge in [0.1, 0.15) is 5.82 Å². The monoisotopic (exact) mass is 380 g/mol. The molecule has 0 unspecified atom stereocenters. The Kier molecular flexibility index (Phi) is 4.56. The number of carbonyl (C=O) groups excluding carboxylic acids is 1. The van der Waals surface area contributed by atoms with E-state index in [0.29, 0.717) is 5.56 Å². The van der Waals surface area contributed by atoms with Crippen LogP contribution in [0.15, 0.2) is 67.0 Å². The first kappa shape index (κ1) is 17.2. The van der Waals surface area contributed by atoms with Gasteiger partial charge in [-0.05, 0) is 36.4 Å². The van der Waals surface area contributed by atoms with E-state index in [1.807, 2.05) is 18.2 Å². The van der Waals surface area contributed by atoms with E-state index in [0.717, 1.165) is 16.9 Å². The van der Waals surface area contributed by atoms with Crippen LogP contribution in [0, 0.1) is 5.82 Å². The zero-order valence-corrected chi connectivity index (χ0v) is 14.8. The van der Waals surface area contributed by atoms with Crippen molar-refractivity contribution < 1.29 is 9.18 Å². The molecule has 2 aromatic carbocycles. The van der Waals surface area contributed by atoms with Gasteiger partial charge in [-0.3, -0.25) is 4.79 Å². The SMILES string of the molecule is O=C(NCc1c(F)cccc1Cl)c1cccc(-c2cnc3cccnn23)c1. The number of hydrogen-bond acceptors (Lipinski definition) is 3. The molecule has 0 saturated carbocycles. The molecular formula is C20H14ClFN4O. The highest BCUT2D eigenvalue weighted by Crippen LogP contribution is 2.22. The number of benzene rings is 2. The summed E-state index contributed by atoms with van der Waals surface area (Å²) in [5.41, 5.74) is 3.01. The fourth-order valence-electron chi connectivity index (χ4n) is 2.82. The Morgan fingerprint density at radius 1 is 1.15 bits per heavy atom. The number of carbonyl (C=O) groups is 1. The number of nitrogens with one attached hydrogen (secondary N) is 1. The van der Waals surface area contributed by atoms with Crippen molar-refractivity contribution in [3.63, 3.8) is 0 Å². The minimum Gasteiger partial charge on any atom is -0.348 e. The summed E-state index contributed by atoms with van der Waals surface area (Å²) < 4.78 is 15.6. The Morgan fingerprint density at radius 3 is 2.85 bits per heavy atom. The molecule has 27 heavy (non-hydrogen) atoms. The van der Waals surface area contributed by atoms with Gasteiger partial charge < -0.3 is 5.32 Å². The van der Waals surface area contributed by atoms with Crippen LogP contribution in [0.3, 0.4) is 0 Å². The second-order valence-corrected chi connectivity index (χ2v) is 6.31. The average Bonchev–Trinajstić information content (AvgIpc) is 3.12. The molecule has 5 nitrogen and oxygen atoms in total. The molecule has 0 bridgehead atoms. The van der Waals surface area contributed by atoms with Gasteiger partial charge in [0.15, 0.2) is 5.65 Å². The van der Waals surface area contributed by atoms with Crippen LogP contribution in [-0.4, -0.2) is 20.5 Å². The van der Waals surface area contributed by atoms with E-state index in [-0.39, 0.29) is 23.0 Å². The highest BCUT2D eigenvalue weighted by atomic mass is 35.5. The molecule has 0 fully saturated rings. The van der Waals surface area contributed by atoms with Crippen molar-refractivity contribution >= 4 is 23.2 Å². The number of rotatable bonds is 4. The maximum Gasteiger partial charge on any atom is 0.251 e. The molecule has 0 aliphatic heterocycles. The molecule has 4 rings (SSSR count). The van der Waals surface area contributed by atoms with Crippen molar-refractivity contribution in [2.75, 3.05) is 0 Å². The molecule has 2 heterocycles. The Bertz CT molecular complexity index is 1120. The fraction of sp³-hybridized carbons (Fsp3) is 0.0500. The van der Waals surface area contributed by atoms with E-state index in [2.05, 4.69) is 15.4 Å². The summed E-state index contributed by atoms with van der Waals surface area (Å²) >= 11 is 6.00. The minimum atomic E-state index is -0.451. The maximum absolute atomic E-state index is 13.8. The predicted molar refractivity (Wildman–Crippen MR) is 101 cm³/mol. The smallest absolute Gasteiger partial charge is 0.251 e. The summed E-state index contributed by atoms with van der Waals surface area (Å²) in [5.74, 6) is -0.772. The lowest BCUT2D eigenvalue weighted by atomic mass is 10.1. The zero-order chi connectivity index (χ0) is 18.8. The molecule has 0 spiro atoms. The van der Waals surface area contributed by atoms with Crippen molar-refractivity contribution in [1.29, 1.82) is 0 Å². The van der Waals surface area contributed by atoms with Gasteiger partial charge in [-0.2, -0.15) is 5.10 Å². The molecule has 0 aliphatic rings. The molecule has 0 radical (unpaired) electrons. The second kappa shape index (κ2) is 7.17. The zero-order valence-electron chi connectivity index (χ0n) is 14.1. The highest BCUT2D eigenvalue weighted by Gasteiger charge is 2.12. The van der Waals surface area contributed by atoms with Crippen LogP contribution in [0.5, 0.6) is 0 Å². The summed E-state index contributed by atoms with van der Waals surface area (Å²) in [6.45, 7) is 0.00569. The average molecular weight is 381 g/mol. The Hall–Kier alpha value is -3.25. The topological polar surface area (TPSA) is 59.3 Å². The molecule has 1 N–H and O–H groups in total. The summed E-state index contributed by atoms with van der Waals surface area (Å²) in [6.07, 6.45) is 3.38. The molecule has 0 saturated heterocycles. The van der Waals surface area contributed by atoms with E-state index < -0.39 is 5.82 Å². The Morgan fingerprint density at radius 2 is 2.00 bits per heavy atom. The van der Waals surface area contributed by atoms with Crippen LogP contribution in [-0.2, 0) is 6.54 Å². The van der Waals surface area contributed by atoms with Gasteiger partial charge in [0.2, 0.25) is 0 Å². The van der Waals surface area contributed by atoms with E-state index in [1.165, 1.54) is 12.1 Å². The Labute approximate surface area is 159 Å². The molecule has 1 amide bonds. The molecular weight excluding hydrogens is 367 g/mol. The Balaban J connectivity index is 1.58. The standard InChI is InChI=1S/C20H14ClFN4O/c21-16-6-2-7-17(22)15(16)11-24-20(27)14-5-1-4-13(10-14)18-12-23-19-8-3-9-25-26(18)19/h1-10,12H,11H2,(H,24,27). The van der Waals surface area contributed by atoms with Gasteiger partial charge in [0.05, 0.1) is 11.9 Å². The third-order valence-electron chi connectivity index (χ3n) is 4.19. The van der Waals surface area contributed by atoms with Crippen LogP contribution in [0.2, 0.25) is 5.02 Å². The number of aromatic nitrogens is 3. The van der Waals surface area contributed by atoms with Gasteiger partial charge in [0.25, 0.3) is 5.91 Å². The molecule has 134 valence electrons. The lowest BCUT2D eigenvalue weighted by Crippen LogP contribution is -2.23. The van der Waals surface area contributed by atoms with Gasteiger partial charge >= 0.3 is 0 Å². The molecule has 2 aromatic heterocycles. The number of nitrogens with zero attached hydrogens (tertiary/aromatic N) is 3. The van der Waals surface area contributed by atoms with E-state index in [1.54, 1.807) is 41.2 Å². The number of fused-ring (bicyclic) bond motifs is 1. The number of halogens is 2. The van der Waals surface area contributed by atoms with Gasteiger partial charge in [-0.25, -0.2) is 13.9 Å². The minimum absolute atomic E-state index is 0.00569. The van der Waals surface area contributed by atoms with Crippen molar-refractivity contribution in [1.82, 2.24) is 19.9 Å². The van der Waals surface area contributed by atoms with Crippen LogP contribution >= 0.6 is 11.6 Å². The third kappa shape index (κ3) is 3.39. The molecule has 4 aromatic rings. The number of hydrogen-bond donors (Lipinski definition) is 1. The number of amides is 1. The number of imidazole rings is 1. The van der Waals surface area contributed by atoms with Gasteiger partial charge in [0, 0.05) is 34.5 Å². The fourth-order valence-corrected chi connectivity index (χ4v) is 3.05. The predicted octanol–water partition coefficient (Wildman–Crippen LogP) is 4.12. The molecule has 7 heteroatoms. The van der Waals surface area contributed by atoms with E-state index in [9.17, 15) is 9.18 Å². The largest absolute Gasteiger partial charge is 0.348 e. The van der Waals surface area contributed by atoms with Crippen LogP contribution in [0.1, 0.15) is 15.9 Å². The van der Waals surface area contributed by atoms with Crippen molar-refractivity contribution in [3.8, 4) is 11.3 Å². The third-order valence-corrected chi connectivity index (χ3v) is 4.54. The summed E-state index contributed by atoms with van der Waals surface area (Å²) in [7, 11) is 0. The van der Waals surface area contributed by atoms with E-state index >= 15 is 0 Å². The summed E-state index contributed by atoms with van der Waals surface area (Å²) in [6, 6.07) is 15.2. The van der Waals surface area contributed by atoms with Crippen LogP contribution in [0.4, 0.5) is 4.39 Å². The normalized spacial score (nSPS) is 10.9. The quantitative estimate of drug-likeness (QED) is 0.579. The first-order chi connectivity index (χ1) is 13.1. The van der Waals surface area contributed by atoms with Crippen molar-refractivity contribution in [2.45, 2.75) is 6.54 Å². The first-order valence-corrected chi connectivity index (χ1v) is 8.61. The molecule has 0 aliphatic carbocycles. The lowest BCUT2D eigenvalue weighted by Gasteiger charge is -2.09. The molecule has 0 atom stereocenters. The maximum atomic E-state index is 13.8. The van der Waals surface area contributed by atoms with E-state index in [4.69, 9.17) is 11.6 Å². The second-order valence-electron chi connectivity index (χ2n) is 5.90. The highest BCUT2D eigenvalue weighted by molar-refractivity contribution is 6.31. The van der Waals surface area contributed by atoms with Gasteiger partial charge in [-0.1, -0.05) is 29.8 Å². The lowest BCUT2D eigenvalue weighted by molar-refractivity contribution is 0.0950. The van der Waals surface area contributed by atoms with Gasteiger partial charge in [-0.15, -0.1) is 0 Å². The summed E-state index contributed by atoms with van der Waals surface area (Å²) in [5, 5.41) is 7.27. The van der Waals surface area contributed by atoms with Crippen molar-refractivity contribution in [3.05, 3.63) is 89.0 Å². The van der Waals surface area contributed by atoms with Crippen LogP contribution < -0.4 is 5.32 Å².